The van der Waals surface area contributed by atoms with Crippen LogP contribution in [0.25, 0.3) is 0 Å². The maximum atomic E-state index is 11.9. The van der Waals surface area contributed by atoms with Crippen molar-refractivity contribution in [3.63, 3.8) is 0 Å². The van der Waals surface area contributed by atoms with Crippen LogP contribution >= 0.6 is 11.8 Å². The largest absolute Gasteiger partial charge is 0.350 e. The summed E-state index contributed by atoms with van der Waals surface area (Å²) < 4.78 is 0. The Balaban J connectivity index is 2.09. The predicted molar refractivity (Wildman–Crippen MR) is 70.7 cm³/mol. The molecule has 1 aromatic rings. The van der Waals surface area contributed by atoms with Crippen molar-refractivity contribution in [2.75, 3.05) is 28.3 Å². The topological polar surface area (TPSA) is 45.2 Å². The molecule has 2 aliphatic rings. The van der Waals surface area contributed by atoms with Gasteiger partial charge in [0.15, 0.2) is 5.82 Å². The molecule has 0 saturated carbocycles. The highest BCUT2D eigenvalue weighted by Gasteiger charge is 2.31. The Morgan fingerprint density at radius 3 is 3.35 bits per heavy atom. The van der Waals surface area contributed by atoms with E-state index in [9.17, 15) is 4.79 Å². The molecule has 3 heterocycles. The van der Waals surface area contributed by atoms with E-state index < -0.39 is 0 Å². The monoisotopic (exact) mass is 249 g/mol. The van der Waals surface area contributed by atoms with Crippen LogP contribution in [0.2, 0.25) is 0 Å². The van der Waals surface area contributed by atoms with Crippen molar-refractivity contribution in [2.45, 2.75) is 19.4 Å². The number of aromatic nitrogens is 1. The van der Waals surface area contributed by atoms with Gasteiger partial charge in [-0.2, -0.15) is 11.8 Å². The van der Waals surface area contributed by atoms with Crippen molar-refractivity contribution in [1.82, 2.24) is 4.98 Å². The highest BCUT2D eigenvalue weighted by Crippen LogP contribution is 2.34. The molecule has 1 aromatic heterocycles. The number of fused-ring (bicyclic) bond motifs is 3. The molecule has 90 valence electrons. The molecular weight excluding hydrogens is 234 g/mol. The van der Waals surface area contributed by atoms with Crippen molar-refractivity contribution < 1.29 is 4.79 Å². The smallest absolute Gasteiger partial charge is 0.226 e. The second kappa shape index (κ2) is 4.22. The van der Waals surface area contributed by atoms with Crippen molar-refractivity contribution >= 4 is 29.2 Å². The van der Waals surface area contributed by atoms with E-state index in [0.29, 0.717) is 12.5 Å². The zero-order chi connectivity index (χ0) is 11.8. The van der Waals surface area contributed by atoms with E-state index in [2.05, 4.69) is 15.2 Å². The van der Waals surface area contributed by atoms with Crippen LogP contribution in [-0.4, -0.2) is 35.0 Å². The van der Waals surface area contributed by atoms with Crippen LogP contribution in [0.3, 0.4) is 0 Å². The van der Waals surface area contributed by atoms with E-state index in [1.165, 1.54) is 0 Å². The van der Waals surface area contributed by atoms with Gasteiger partial charge in [-0.05, 0) is 18.6 Å². The quantitative estimate of drug-likeness (QED) is 0.759. The third-order valence-electron chi connectivity index (χ3n) is 3.32. The summed E-state index contributed by atoms with van der Waals surface area (Å²) >= 11 is 1.92. The van der Waals surface area contributed by atoms with Crippen LogP contribution < -0.4 is 10.2 Å². The first-order valence-electron chi connectivity index (χ1n) is 5.85. The first-order chi connectivity index (χ1) is 8.25. The molecule has 4 nitrogen and oxygen atoms in total. The molecule has 5 heteroatoms. The van der Waals surface area contributed by atoms with Gasteiger partial charge in [-0.15, -0.1) is 0 Å². The van der Waals surface area contributed by atoms with Crippen LogP contribution in [0.4, 0.5) is 11.5 Å². The fourth-order valence-electron chi connectivity index (χ4n) is 2.42. The normalized spacial score (nSPS) is 23.5. The Bertz CT molecular complexity index is 463. The zero-order valence-corrected chi connectivity index (χ0v) is 10.6. The predicted octanol–water partition coefficient (Wildman–Crippen LogP) is 1.65. The maximum absolute atomic E-state index is 11.9. The number of carbonyl (C=O) groups excluding carboxylic acids is 1. The van der Waals surface area contributed by atoms with E-state index in [4.69, 9.17) is 0 Å². The van der Waals surface area contributed by atoms with Crippen molar-refractivity contribution in [1.29, 1.82) is 0 Å². The second-order valence-electron chi connectivity index (χ2n) is 4.50. The molecule has 1 atom stereocenters. The average Bonchev–Trinajstić information content (AvgIpc) is 2.46. The van der Waals surface area contributed by atoms with E-state index in [0.717, 1.165) is 35.1 Å². The first-order valence-corrected chi connectivity index (χ1v) is 7.01. The molecule has 2 aliphatic heterocycles. The van der Waals surface area contributed by atoms with Gasteiger partial charge in [0, 0.05) is 36.7 Å². The van der Waals surface area contributed by atoms with E-state index in [1.807, 2.05) is 30.9 Å². The number of nitrogens with zero attached hydrogens (tertiary/aromatic N) is 2. The van der Waals surface area contributed by atoms with Crippen LogP contribution in [0.5, 0.6) is 0 Å². The number of hydrogen-bond donors (Lipinski definition) is 1. The fourth-order valence-corrected chi connectivity index (χ4v) is 3.49. The third kappa shape index (κ3) is 1.88. The summed E-state index contributed by atoms with van der Waals surface area (Å²) in [5, 5.41) is 2.99. The average molecular weight is 249 g/mol. The lowest BCUT2D eigenvalue weighted by atomic mass is 10.2. The Morgan fingerprint density at radius 1 is 1.59 bits per heavy atom. The second-order valence-corrected chi connectivity index (χ2v) is 5.65. The Hall–Kier alpha value is -1.23. The number of carbonyl (C=O) groups is 1. The minimum absolute atomic E-state index is 0.109. The fraction of sp³-hybridized carbons (Fsp3) is 0.500. The summed E-state index contributed by atoms with van der Waals surface area (Å²) in [6, 6.07) is 2.24. The number of aryl methyl sites for hydroxylation is 1. The molecule has 17 heavy (non-hydrogen) atoms. The molecular formula is C12H15N3OS. The summed E-state index contributed by atoms with van der Waals surface area (Å²) in [5.41, 5.74) is 1.98. The molecule has 0 bridgehead atoms. The van der Waals surface area contributed by atoms with Crippen LogP contribution in [0, 0.1) is 6.92 Å². The van der Waals surface area contributed by atoms with Crippen molar-refractivity contribution in [3.05, 3.63) is 17.8 Å². The van der Waals surface area contributed by atoms with Gasteiger partial charge in [0.1, 0.15) is 0 Å². The SMILES string of the molecule is Cc1ccnc2c1NC(=O)CC1CSCCN21. The number of rotatable bonds is 0. The van der Waals surface area contributed by atoms with Crippen LogP contribution in [-0.2, 0) is 4.79 Å². The number of anilines is 2. The van der Waals surface area contributed by atoms with E-state index in [1.54, 1.807) is 0 Å². The highest BCUT2D eigenvalue weighted by atomic mass is 32.2. The Kier molecular flexibility index (Phi) is 2.70. The highest BCUT2D eigenvalue weighted by molar-refractivity contribution is 7.99. The van der Waals surface area contributed by atoms with E-state index in [-0.39, 0.29) is 5.91 Å². The lowest BCUT2D eigenvalue weighted by molar-refractivity contribution is -0.116. The Labute approximate surface area is 105 Å². The lowest BCUT2D eigenvalue weighted by Gasteiger charge is -2.34. The van der Waals surface area contributed by atoms with Gasteiger partial charge in [0.2, 0.25) is 5.91 Å². The zero-order valence-electron chi connectivity index (χ0n) is 9.77. The van der Waals surface area contributed by atoms with Gasteiger partial charge < -0.3 is 10.2 Å². The molecule has 0 spiro atoms. The van der Waals surface area contributed by atoms with Crippen LogP contribution in [0.1, 0.15) is 12.0 Å². The molecule has 1 N–H and O–H groups in total. The van der Waals surface area contributed by atoms with E-state index >= 15 is 0 Å². The van der Waals surface area contributed by atoms with Gasteiger partial charge in [-0.1, -0.05) is 0 Å². The standard InChI is InChI=1S/C12H15N3OS/c1-8-2-3-13-12-11(8)14-10(16)6-9-7-17-5-4-15(9)12/h2-3,9H,4-7H2,1H3,(H,14,16). The summed E-state index contributed by atoms with van der Waals surface area (Å²) in [5.74, 6) is 3.18. The molecule has 0 aliphatic carbocycles. The minimum atomic E-state index is 0.109. The summed E-state index contributed by atoms with van der Waals surface area (Å²) in [4.78, 5) is 18.6. The number of pyridine rings is 1. The summed E-state index contributed by atoms with van der Waals surface area (Å²) in [6.07, 6.45) is 2.40. The maximum Gasteiger partial charge on any atom is 0.226 e. The molecule has 1 unspecified atom stereocenters. The molecule has 0 aromatic carbocycles. The van der Waals surface area contributed by atoms with Crippen molar-refractivity contribution in [2.24, 2.45) is 0 Å². The van der Waals surface area contributed by atoms with Crippen molar-refractivity contribution in [3.8, 4) is 0 Å². The van der Waals surface area contributed by atoms with Gasteiger partial charge in [-0.25, -0.2) is 4.98 Å². The number of hydrogen-bond acceptors (Lipinski definition) is 4. The minimum Gasteiger partial charge on any atom is -0.350 e. The number of thioether (sulfide) groups is 1. The molecule has 3 rings (SSSR count). The van der Waals surface area contributed by atoms with Gasteiger partial charge in [0.25, 0.3) is 0 Å². The first kappa shape index (κ1) is 10.9. The van der Waals surface area contributed by atoms with Gasteiger partial charge in [-0.3, -0.25) is 4.79 Å². The molecule has 1 saturated heterocycles. The van der Waals surface area contributed by atoms with Crippen LogP contribution in [0.15, 0.2) is 12.3 Å². The molecule has 1 amide bonds. The number of amides is 1. The lowest BCUT2D eigenvalue weighted by Crippen LogP contribution is -2.43. The molecule has 1 fully saturated rings. The molecule has 0 radical (unpaired) electrons. The summed E-state index contributed by atoms with van der Waals surface area (Å²) in [7, 11) is 0. The Morgan fingerprint density at radius 2 is 2.47 bits per heavy atom. The van der Waals surface area contributed by atoms with Gasteiger partial charge >= 0.3 is 0 Å². The van der Waals surface area contributed by atoms with Gasteiger partial charge in [0.05, 0.1) is 5.69 Å². The number of nitrogens with one attached hydrogen (secondary N) is 1. The third-order valence-corrected chi connectivity index (χ3v) is 4.42. The summed E-state index contributed by atoms with van der Waals surface area (Å²) in [6.45, 7) is 2.99.